The van der Waals surface area contributed by atoms with Gasteiger partial charge in [0, 0.05) is 18.7 Å². The van der Waals surface area contributed by atoms with Gasteiger partial charge < -0.3 is 10.1 Å². The quantitative estimate of drug-likeness (QED) is 0.889. The first-order valence-corrected chi connectivity index (χ1v) is 6.85. The van der Waals surface area contributed by atoms with Crippen molar-refractivity contribution in [2.24, 2.45) is 0 Å². The van der Waals surface area contributed by atoms with E-state index in [1.54, 1.807) is 12.1 Å². The number of benzene rings is 1. The summed E-state index contributed by atoms with van der Waals surface area (Å²) >= 11 is 0. The molecular weight excluding hydrogens is 229 g/mol. The molecule has 0 radical (unpaired) electrons. The van der Waals surface area contributed by atoms with Crippen LogP contribution in [0.4, 0.5) is 4.39 Å². The number of nitrogens with one attached hydrogen (secondary N) is 1. The molecule has 0 spiro atoms. The Labute approximate surface area is 108 Å². The van der Waals surface area contributed by atoms with Crippen LogP contribution in [0.5, 0.6) is 0 Å². The largest absolute Gasteiger partial charge is 0.377 e. The van der Waals surface area contributed by atoms with Gasteiger partial charge in [0.15, 0.2) is 0 Å². The minimum absolute atomic E-state index is 0.148. The molecule has 1 aliphatic heterocycles. The molecular formula is C15H20FNO. The molecule has 2 aliphatic rings. The topological polar surface area (TPSA) is 21.3 Å². The second kappa shape index (κ2) is 4.98. The smallest absolute Gasteiger partial charge is 0.123 e. The Morgan fingerprint density at radius 3 is 2.56 bits per heavy atom. The van der Waals surface area contributed by atoms with Gasteiger partial charge in [0.25, 0.3) is 0 Å². The first-order chi connectivity index (χ1) is 8.72. The van der Waals surface area contributed by atoms with Crippen LogP contribution in [0.15, 0.2) is 24.3 Å². The van der Waals surface area contributed by atoms with Gasteiger partial charge in [-0.1, -0.05) is 12.1 Å². The number of halogens is 1. The summed E-state index contributed by atoms with van der Waals surface area (Å²) in [6, 6.07) is 8.07. The van der Waals surface area contributed by atoms with E-state index < -0.39 is 0 Å². The zero-order valence-corrected chi connectivity index (χ0v) is 10.7. The van der Waals surface area contributed by atoms with Gasteiger partial charge >= 0.3 is 0 Å². The normalized spacial score (nSPS) is 35.4. The van der Waals surface area contributed by atoms with Crippen molar-refractivity contribution in [1.29, 1.82) is 0 Å². The summed E-state index contributed by atoms with van der Waals surface area (Å²) in [6.07, 6.45) is 3.79. The molecule has 98 valence electrons. The number of rotatable bonds is 3. The summed E-state index contributed by atoms with van der Waals surface area (Å²) in [5.41, 5.74) is 1.27. The van der Waals surface area contributed by atoms with Crippen LogP contribution in [0.1, 0.15) is 37.7 Å². The summed E-state index contributed by atoms with van der Waals surface area (Å²) in [5.74, 6) is 0.449. The number of ether oxygens (including phenoxy) is 1. The van der Waals surface area contributed by atoms with Crippen LogP contribution in [-0.4, -0.2) is 24.8 Å². The predicted octanol–water partition coefficient (Wildman–Crippen LogP) is 2.84. The predicted molar refractivity (Wildman–Crippen MR) is 69.1 cm³/mol. The Hall–Kier alpha value is -0.930. The van der Waals surface area contributed by atoms with Crippen molar-refractivity contribution in [2.75, 3.05) is 6.61 Å². The summed E-state index contributed by atoms with van der Waals surface area (Å²) in [4.78, 5) is 0. The number of hydrogen-bond acceptors (Lipinski definition) is 2. The minimum atomic E-state index is -0.148. The van der Waals surface area contributed by atoms with Crippen LogP contribution in [0.3, 0.4) is 0 Å². The Balaban J connectivity index is 1.49. The zero-order valence-electron chi connectivity index (χ0n) is 10.7. The fourth-order valence-corrected chi connectivity index (χ4v) is 3.01. The molecule has 0 aromatic heterocycles. The molecule has 1 N–H and O–H groups in total. The summed E-state index contributed by atoms with van der Waals surface area (Å²) in [7, 11) is 0. The fourth-order valence-electron chi connectivity index (χ4n) is 3.01. The Morgan fingerprint density at radius 1 is 1.22 bits per heavy atom. The maximum atomic E-state index is 12.8. The van der Waals surface area contributed by atoms with Gasteiger partial charge in [0.1, 0.15) is 5.82 Å². The molecule has 1 aromatic rings. The average Bonchev–Trinajstić information content (AvgIpc) is 2.71. The highest BCUT2D eigenvalue weighted by Gasteiger charge is 2.34. The molecule has 0 bridgehead atoms. The standard InChI is InChI=1S/C15H20FNO/c1-10-15(6-7-18-10)17-14-8-12(9-14)11-2-4-13(16)5-3-11/h2-5,10,12,14-15,17H,6-9H2,1H3. The minimum Gasteiger partial charge on any atom is -0.377 e. The van der Waals surface area contributed by atoms with Gasteiger partial charge in [-0.3, -0.25) is 0 Å². The van der Waals surface area contributed by atoms with Gasteiger partial charge in [-0.25, -0.2) is 4.39 Å². The molecule has 2 nitrogen and oxygen atoms in total. The lowest BCUT2D eigenvalue weighted by Crippen LogP contribution is -2.47. The molecule has 3 rings (SSSR count). The van der Waals surface area contributed by atoms with E-state index in [1.165, 1.54) is 5.56 Å². The summed E-state index contributed by atoms with van der Waals surface area (Å²) in [5, 5.41) is 3.68. The molecule has 1 saturated heterocycles. The van der Waals surface area contributed by atoms with E-state index in [1.807, 2.05) is 12.1 Å². The lowest BCUT2D eigenvalue weighted by atomic mass is 9.75. The maximum absolute atomic E-state index is 12.8. The van der Waals surface area contributed by atoms with Crippen LogP contribution in [0, 0.1) is 5.82 Å². The van der Waals surface area contributed by atoms with Crippen molar-refractivity contribution in [3.63, 3.8) is 0 Å². The van der Waals surface area contributed by atoms with Crippen molar-refractivity contribution in [3.05, 3.63) is 35.6 Å². The lowest BCUT2D eigenvalue weighted by Gasteiger charge is -2.38. The van der Waals surface area contributed by atoms with Crippen LogP contribution >= 0.6 is 0 Å². The maximum Gasteiger partial charge on any atom is 0.123 e. The molecule has 1 aromatic carbocycles. The highest BCUT2D eigenvalue weighted by atomic mass is 19.1. The van der Waals surface area contributed by atoms with E-state index in [0.29, 0.717) is 24.1 Å². The van der Waals surface area contributed by atoms with E-state index in [2.05, 4.69) is 12.2 Å². The molecule has 2 fully saturated rings. The highest BCUT2D eigenvalue weighted by Crippen LogP contribution is 2.37. The second-order valence-electron chi connectivity index (χ2n) is 5.55. The Bertz CT molecular complexity index is 399. The first kappa shape index (κ1) is 12.1. The average molecular weight is 249 g/mol. The molecule has 0 amide bonds. The van der Waals surface area contributed by atoms with E-state index in [4.69, 9.17) is 4.74 Å². The molecule has 1 saturated carbocycles. The number of hydrogen-bond donors (Lipinski definition) is 1. The van der Waals surface area contributed by atoms with Crippen molar-refractivity contribution < 1.29 is 9.13 Å². The van der Waals surface area contributed by atoms with E-state index in [-0.39, 0.29) is 5.82 Å². The van der Waals surface area contributed by atoms with Crippen molar-refractivity contribution in [3.8, 4) is 0 Å². The Kier molecular flexibility index (Phi) is 3.35. The van der Waals surface area contributed by atoms with Gasteiger partial charge in [-0.2, -0.15) is 0 Å². The van der Waals surface area contributed by atoms with E-state index >= 15 is 0 Å². The van der Waals surface area contributed by atoms with Crippen LogP contribution < -0.4 is 5.32 Å². The molecule has 3 heteroatoms. The summed E-state index contributed by atoms with van der Waals surface area (Å²) in [6.45, 7) is 3.02. The van der Waals surface area contributed by atoms with Gasteiger partial charge in [0.2, 0.25) is 0 Å². The van der Waals surface area contributed by atoms with Crippen molar-refractivity contribution in [2.45, 2.75) is 50.3 Å². The second-order valence-corrected chi connectivity index (χ2v) is 5.55. The van der Waals surface area contributed by atoms with E-state index in [9.17, 15) is 4.39 Å². The van der Waals surface area contributed by atoms with Gasteiger partial charge in [0.05, 0.1) is 6.10 Å². The SMILES string of the molecule is CC1OCCC1NC1CC(c2ccc(F)cc2)C1. The lowest BCUT2D eigenvalue weighted by molar-refractivity contribution is 0.106. The van der Waals surface area contributed by atoms with Crippen molar-refractivity contribution >= 4 is 0 Å². The molecule has 1 aliphatic carbocycles. The van der Waals surface area contributed by atoms with Crippen LogP contribution in [0.2, 0.25) is 0 Å². The van der Waals surface area contributed by atoms with Gasteiger partial charge in [-0.15, -0.1) is 0 Å². The fraction of sp³-hybridized carbons (Fsp3) is 0.600. The van der Waals surface area contributed by atoms with Crippen molar-refractivity contribution in [1.82, 2.24) is 5.32 Å². The van der Waals surface area contributed by atoms with Crippen LogP contribution in [0.25, 0.3) is 0 Å². The van der Waals surface area contributed by atoms with Gasteiger partial charge in [-0.05, 0) is 49.8 Å². The molecule has 2 atom stereocenters. The third-order valence-corrected chi connectivity index (χ3v) is 4.31. The third kappa shape index (κ3) is 2.43. The van der Waals surface area contributed by atoms with E-state index in [0.717, 1.165) is 25.9 Å². The molecule has 18 heavy (non-hydrogen) atoms. The van der Waals surface area contributed by atoms with Crippen LogP contribution in [-0.2, 0) is 4.74 Å². The first-order valence-electron chi connectivity index (χ1n) is 6.85. The zero-order chi connectivity index (χ0) is 12.5. The monoisotopic (exact) mass is 249 g/mol. The molecule has 1 heterocycles. The Morgan fingerprint density at radius 2 is 1.94 bits per heavy atom. The highest BCUT2D eigenvalue weighted by molar-refractivity contribution is 5.23. The third-order valence-electron chi connectivity index (χ3n) is 4.31. The molecule has 2 unspecified atom stereocenters. The summed E-state index contributed by atoms with van der Waals surface area (Å²) < 4.78 is 18.4.